The molecule has 1 aliphatic rings. The van der Waals surface area contributed by atoms with Crippen molar-refractivity contribution >= 4 is 21.9 Å². The zero-order chi connectivity index (χ0) is 13.8. The van der Waals surface area contributed by atoms with E-state index in [9.17, 15) is 4.79 Å². The lowest BCUT2D eigenvalue weighted by atomic mass is 9.85. The average Bonchev–Trinajstić information content (AvgIpc) is 2.39. The highest BCUT2D eigenvalue weighted by Gasteiger charge is 2.27. The van der Waals surface area contributed by atoms with Crippen molar-refractivity contribution < 1.29 is 14.6 Å². The van der Waals surface area contributed by atoms with Crippen LogP contribution in [0.15, 0.2) is 16.7 Å². The normalized spacial score (nSPS) is 23.1. The number of ether oxygens (including phenoxy) is 1. The highest BCUT2D eigenvalue weighted by atomic mass is 79.9. The summed E-state index contributed by atoms with van der Waals surface area (Å²) in [5.41, 5.74) is -0.0105. The van der Waals surface area contributed by atoms with E-state index in [0.717, 1.165) is 30.2 Å². The van der Waals surface area contributed by atoms with Gasteiger partial charge in [0.1, 0.15) is 6.10 Å². The summed E-state index contributed by atoms with van der Waals surface area (Å²) in [7, 11) is 0. The predicted octanol–water partition coefficient (Wildman–Crippen LogP) is 3.89. The van der Waals surface area contributed by atoms with Crippen LogP contribution >= 0.6 is 15.9 Å². The number of halogens is 1. The van der Waals surface area contributed by atoms with Crippen molar-refractivity contribution in [3.05, 3.63) is 22.4 Å². The van der Waals surface area contributed by atoms with E-state index in [1.54, 1.807) is 6.07 Å². The summed E-state index contributed by atoms with van der Waals surface area (Å²) in [6.07, 6.45) is 7.18. The fourth-order valence-corrected chi connectivity index (χ4v) is 2.94. The van der Waals surface area contributed by atoms with Gasteiger partial charge >= 0.3 is 5.97 Å². The monoisotopic (exact) mass is 327 g/mol. The quantitative estimate of drug-likeness (QED) is 0.911. The number of rotatable bonds is 4. The van der Waals surface area contributed by atoms with Gasteiger partial charge in [0.05, 0.1) is 0 Å². The molecule has 1 aromatic rings. The van der Waals surface area contributed by atoms with E-state index in [4.69, 9.17) is 9.84 Å². The number of nitrogens with zero attached hydrogens (tertiary/aromatic N) is 1. The molecule has 2 atom stereocenters. The molecule has 0 saturated heterocycles. The smallest absolute Gasteiger partial charge is 0.358 e. The summed E-state index contributed by atoms with van der Waals surface area (Å²) in [5, 5.41) is 9.15. The number of aromatic carboxylic acids is 1. The second kappa shape index (κ2) is 6.37. The minimum Gasteiger partial charge on any atom is -0.488 e. The number of carbonyl (C=O) groups is 1. The van der Waals surface area contributed by atoms with Gasteiger partial charge in [-0.2, -0.15) is 0 Å². The molecule has 5 heteroatoms. The molecule has 4 nitrogen and oxygen atoms in total. The molecule has 104 valence electrons. The second-order valence-electron chi connectivity index (χ2n) is 4.91. The van der Waals surface area contributed by atoms with E-state index in [1.807, 2.05) is 0 Å². The van der Waals surface area contributed by atoms with Gasteiger partial charge in [-0.1, -0.05) is 13.3 Å². The molecular weight excluding hydrogens is 310 g/mol. The molecule has 0 radical (unpaired) electrons. The van der Waals surface area contributed by atoms with Crippen LogP contribution in [0, 0.1) is 5.92 Å². The number of aromatic nitrogens is 1. The van der Waals surface area contributed by atoms with Gasteiger partial charge in [-0.25, -0.2) is 9.78 Å². The van der Waals surface area contributed by atoms with Crippen LogP contribution in [0.1, 0.15) is 49.5 Å². The summed E-state index contributed by atoms with van der Waals surface area (Å²) in [6, 6.07) is 1.69. The Hall–Kier alpha value is -1.10. The van der Waals surface area contributed by atoms with Crippen molar-refractivity contribution in [1.29, 1.82) is 0 Å². The number of hydrogen-bond donors (Lipinski definition) is 1. The molecule has 2 unspecified atom stereocenters. The van der Waals surface area contributed by atoms with Crippen LogP contribution in [0.3, 0.4) is 0 Å². The van der Waals surface area contributed by atoms with Crippen molar-refractivity contribution in [1.82, 2.24) is 4.98 Å². The lowest BCUT2D eigenvalue weighted by molar-refractivity contribution is 0.0655. The third-order valence-corrected chi connectivity index (χ3v) is 4.10. The Labute approximate surface area is 121 Å². The van der Waals surface area contributed by atoms with E-state index in [-0.39, 0.29) is 11.8 Å². The third-order valence-electron chi connectivity index (χ3n) is 3.66. The number of pyridine rings is 1. The molecule has 1 fully saturated rings. The Bertz CT molecular complexity index is 464. The van der Waals surface area contributed by atoms with E-state index < -0.39 is 5.97 Å². The van der Waals surface area contributed by atoms with Crippen LogP contribution in [0.5, 0.6) is 5.75 Å². The molecule has 19 heavy (non-hydrogen) atoms. The summed E-state index contributed by atoms with van der Waals surface area (Å²) in [5.74, 6) is -0.173. The maximum atomic E-state index is 11.2. The van der Waals surface area contributed by atoms with Gasteiger partial charge in [0.2, 0.25) is 0 Å². The van der Waals surface area contributed by atoms with Crippen molar-refractivity contribution in [3.63, 3.8) is 0 Å². The van der Waals surface area contributed by atoms with Crippen LogP contribution in [-0.2, 0) is 0 Å². The highest BCUT2D eigenvalue weighted by Crippen LogP contribution is 2.32. The summed E-state index contributed by atoms with van der Waals surface area (Å²) < 4.78 is 6.69. The SMILES string of the molecule is CCC1CCCCC1Oc1cc(Br)cnc1C(=O)O. The molecule has 1 aliphatic carbocycles. The first-order valence-electron chi connectivity index (χ1n) is 6.67. The van der Waals surface area contributed by atoms with Crippen LogP contribution in [-0.4, -0.2) is 22.2 Å². The van der Waals surface area contributed by atoms with E-state index >= 15 is 0 Å². The standard InChI is InChI=1S/C14H18BrNO3/c1-2-9-5-3-4-6-11(9)19-12-7-10(15)8-16-13(12)14(17)18/h7-9,11H,2-6H2,1H3,(H,17,18). The van der Waals surface area contributed by atoms with Gasteiger partial charge in [0.15, 0.2) is 11.4 Å². The number of hydrogen-bond acceptors (Lipinski definition) is 3. The topological polar surface area (TPSA) is 59.4 Å². The molecular formula is C14H18BrNO3. The van der Waals surface area contributed by atoms with Gasteiger partial charge in [0, 0.05) is 10.7 Å². The minimum absolute atomic E-state index is 0.0105. The van der Waals surface area contributed by atoms with Gasteiger partial charge in [0.25, 0.3) is 0 Å². The molecule has 1 aromatic heterocycles. The van der Waals surface area contributed by atoms with Gasteiger partial charge in [-0.05, 0) is 53.6 Å². The maximum absolute atomic E-state index is 11.2. The van der Waals surface area contributed by atoms with Crippen LogP contribution in [0.4, 0.5) is 0 Å². The largest absolute Gasteiger partial charge is 0.488 e. The molecule has 2 rings (SSSR count). The second-order valence-corrected chi connectivity index (χ2v) is 5.83. The van der Waals surface area contributed by atoms with Gasteiger partial charge in [-0.3, -0.25) is 0 Å². The van der Waals surface area contributed by atoms with Crippen LogP contribution in [0.25, 0.3) is 0 Å². The average molecular weight is 328 g/mol. The molecule has 0 amide bonds. The lowest BCUT2D eigenvalue weighted by Gasteiger charge is -2.31. The zero-order valence-electron chi connectivity index (χ0n) is 10.9. The third kappa shape index (κ3) is 3.47. The molecule has 0 aromatic carbocycles. The fraction of sp³-hybridized carbons (Fsp3) is 0.571. The van der Waals surface area contributed by atoms with E-state index in [0.29, 0.717) is 11.7 Å². The molecule has 1 saturated carbocycles. The minimum atomic E-state index is -1.05. The summed E-state index contributed by atoms with van der Waals surface area (Å²) >= 11 is 3.31. The summed E-state index contributed by atoms with van der Waals surface area (Å²) in [6.45, 7) is 2.16. The first-order valence-corrected chi connectivity index (χ1v) is 7.46. The van der Waals surface area contributed by atoms with Crippen LogP contribution in [0.2, 0.25) is 0 Å². The van der Waals surface area contributed by atoms with E-state index in [1.165, 1.54) is 12.6 Å². The Kier molecular flexibility index (Phi) is 4.80. The molecule has 0 bridgehead atoms. The van der Waals surface area contributed by atoms with Crippen molar-refractivity contribution in [2.24, 2.45) is 5.92 Å². The lowest BCUT2D eigenvalue weighted by Crippen LogP contribution is -2.30. The summed E-state index contributed by atoms with van der Waals surface area (Å²) in [4.78, 5) is 15.1. The Morgan fingerprint density at radius 2 is 2.26 bits per heavy atom. The zero-order valence-corrected chi connectivity index (χ0v) is 12.5. The molecule has 1 N–H and O–H groups in total. The molecule has 0 aliphatic heterocycles. The Morgan fingerprint density at radius 1 is 1.53 bits per heavy atom. The van der Waals surface area contributed by atoms with Crippen molar-refractivity contribution in [3.8, 4) is 5.75 Å². The van der Waals surface area contributed by atoms with E-state index in [2.05, 4.69) is 27.8 Å². The Morgan fingerprint density at radius 3 is 2.95 bits per heavy atom. The first kappa shape index (κ1) is 14.3. The molecule has 1 heterocycles. The van der Waals surface area contributed by atoms with Crippen LogP contribution < -0.4 is 4.74 Å². The number of carboxylic acids is 1. The fourth-order valence-electron chi connectivity index (χ4n) is 2.63. The molecule has 0 spiro atoms. The maximum Gasteiger partial charge on any atom is 0.358 e. The van der Waals surface area contributed by atoms with Gasteiger partial charge < -0.3 is 9.84 Å². The predicted molar refractivity (Wildman–Crippen MR) is 75.6 cm³/mol. The van der Waals surface area contributed by atoms with Gasteiger partial charge in [-0.15, -0.1) is 0 Å². The first-order chi connectivity index (χ1) is 9.11. The highest BCUT2D eigenvalue weighted by molar-refractivity contribution is 9.10. The van der Waals surface area contributed by atoms with Crippen molar-refractivity contribution in [2.75, 3.05) is 0 Å². The Balaban J connectivity index is 2.21. The number of carboxylic acid groups (broad SMARTS) is 1. The van der Waals surface area contributed by atoms with Crippen molar-refractivity contribution in [2.45, 2.75) is 45.1 Å².